The first kappa shape index (κ1) is 22.8. The zero-order valence-corrected chi connectivity index (χ0v) is 17.2. The number of ether oxygens (including phenoxy) is 2. The molecular formula is C22H22O11. The van der Waals surface area contributed by atoms with Crippen molar-refractivity contribution in [1.29, 1.82) is 0 Å². The first-order valence-electron chi connectivity index (χ1n) is 9.88. The van der Waals surface area contributed by atoms with Gasteiger partial charge in [-0.1, -0.05) is 0 Å². The number of rotatable bonds is 4. The maximum absolute atomic E-state index is 12.9. The summed E-state index contributed by atoms with van der Waals surface area (Å²) in [5.41, 5.74) is -0.997. The molecule has 0 spiro atoms. The van der Waals surface area contributed by atoms with Crippen molar-refractivity contribution >= 4 is 11.0 Å². The van der Waals surface area contributed by atoms with E-state index in [4.69, 9.17) is 13.9 Å². The lowest BCUT2D eigenvalue weighted by atomic mass is 9.89. The van der Waals surface area contributed by atoms with Crippen LogP contribution in [0.15, 0.2) is 39.5 Å². The minimum Gasteiger partial charge on any atom is -0.507 e. The van der Waals surface area contributed by atoms with E-state index >= 15 is 0 Å². The SMILES string of the molecule is COc1cc(-c2cc(=O)c3c(O)cc(O)c([C@@H]4O[C@H](CO)[C@@H](O)[C@H](O)[C@H]4O)c3o2)ccc1O. The van der Waals surface area contributed by atoms with E-state index in [9.17, 15) is 40.5 Å². The van der Waals surface area contributed by atoms with Gasteiger partial charge in [-0.25, -0.2) is 0 Å². The van der Waals surface area contributed by atoms with Gasteiger partial charge in [-0.15, -0.1) is 0 Å². The average Bonchev–Trinajstić information content (AvgIpc) is 2.78. The van der Waals surface area contributed by atoms with Gasteiger partial charge in [0.1, 0.15) is 53.2 Å². The van der Waals surface area contributed by atoms with Gasteiger partial charge in [0.05, 0.1) is 19.3 Å². The number of aliphatic hydroxyl groups is 4. The number of methoxy groups -OCH3 is 1. The molecule has 33 heavy (non-hydrogen) atoms. The lowest BCUT2D eigenvalue weighted by Crippen LogP contribution is -2.55. The molecule has 2 heterocycles. The molecule has 0 bridgehead atoms. The van der Waals surface area contributed by atoms with Crippen LogP contribution in [0.3, 0.4) is 0 Å². The zero-order chi connectivity index (χ0) is 24.0. The summed E-state index contributed by atoms with van der Waals surface area (Å²) in [6.45, 7) is -0.708. The van der Waals surface area contributed by atoms with Crippen LogP contribution >= 0.6 is 0 Å². The van der Waals surface area contributed by atoms with E-state index in [1.165, 1.54) is 25.3 Å². The number of aromatic hydroxyl groups is 3. The molecule has 11 heteroatoms. The van der Waals surface area contributed by atoms with E-state index in [0.29, 0.717) is 5.56 Å². The van der Waals surface area contributed by atoms with Gasteiger partial charge in [0.2, 0.25) is 0 Å². The Hall–Kier alpha value is -3.35. The van der Waals surface area contributed by atoms with E-state index in [0.717, 1.165) is 12.1 Å². The second-order valence-electron chi connectivity index (χ2n) is 7.64. The third-order valence-electron chi connectivity index (χ3n) is 5.64. The number of phenols is 3. The van der Waals surface area contributed by atoms with Crippen molar-refractivity contribution in [2.24, 2.45) is 0 Å². The summed E-state index contributed by atoms with van der Waals surface area (Å²) in [5, 5.41) is 70.6. The van der Waals surface area contributed by atoms with Crippen molar-refractivity contribution in [3.63, 3.8) is 0 Å². The Morgan fingerprint density at radius 1 is 0.939 bits per heavy atom. The molecule has 0 saturated carbocycles. The molecule has 176 valence electrons. The average molecular weight is 462 g/mol. The Labute approximate surface area is 185 Å². The lowest BCUT2D eigenvalue weighted by molar-refractivity contribution is -0.231. The largest absolute Gasteiger partial charge is 0.507 e. The lowest BCUT2D eigenvalue weighted by Gasteiger charge is -2.40. The summed E-state index contributed by atoms with van der Waals surface area (Å²) >= 11 is 0. The first-order chi connectivity index (χ1) is 15.7. The molecule has 0 unspecified atom stereocenters. The molecule has 1 fully saturated rings. The van der Waals surface area contributed by atoms with Crippen molar-refractivity contribution in [2.45, 2.75) is 30.5 Å². The Bertz CT molecular complexity index is 1250. The maximum atomic E-state index is 12.9. The van der Waals surface area contributed by atoms with Crippen LogP contribution in [0.4, 0.5) is 0 Å². The van der Waals surface area contributed by atoms with Crippen LogP contribution in [0.2, 0.25) is 0 Å². The van der Waals surface area contributed by atoms with Crippen molar-refractivity contribution in [3.05, 3.63) is 46.1 Å². The van der Waals surface area contributed by atoms with Gasteiger partial charge in [0.15, 0.2) is 22.5 Å². The van der Waals surface area contributed by atoms with Crippen LogP contribution in [-0.4, -0.2) is 73.9 Å². The molecule has 1 saturated heterocycles. The summed E-state index contributed by atoms with van der Waals surface area (Å²) in [7, 11) is 1.34. The predicted molar refractivity (Wildman–Crippen MR) is 112 cm³/mol. The number of fused-ring (bicyclic) bond motifs is 1. The van der Waals surface area contributed by atoms with Crippen molar-refractivity contribution < 1.29 is 49.6 Å². The first-order valence-corrected chi connectivity index (χ1v) is 9.88. The third-order valence-corrected chi connectivity index (χ3v) is 5.64. The molecule has 4 rings (SSSR count). The Kier molecular flexibility index (Phi) is 5.91. The quantitative estimate of drug-likeness (QED) is 0.278. The van der Waals surface area contributed by atoms with Crippen LogP contribution < -0.4 is 10.2 Å². The summed E-state index contributed by atoms with van der Waals surface area (Å²) in [6, 6.07) is 6.10. The minimum absolute atomic E-state index is 0.0263. The van der Waals surface area contributed by atoms with Crippen molar-refractivity contribution in [1.82, 2.24) is 0 Å². The highest BCUT2D eigenvalue weighted by Gasteiger charge is 2.46. The van der Waals surface area contributed by atoms with Gasteiger partial charge in [-0.05, 0) is 18.2 Å². The zero-order valence-electron chi connectivity index (χ0n) is 17.2. The molecule has 1 aromatic heterocycles. The van der Waals surface area contributed by atoms with Crippen LogP contribution in [0, 0.1) is 0 Å². The van der Waals surface area contributed by atoms with Gasteiger partial charge in [-0.2, -0.15) is 0 Å². The monoisotopic (exact) mass is 462 g/mol. The smallest absolute Gasteiger partial charge is 0.197 e. The minimum atomic E-state index is -1.77. The summed E-state index contributed by atoms with van der Waals surface area (Å²) in [6.07, 6.45) is -7.98. The number of hydrogen-bond donors (Lipinski definition) is 7. The highest BCUT2D eigenvalue weighted by molar-refractivity contribution is 5.89. The number of hydrogen-bond acceptors (Lipinski definition) is 11. The van der Waals surface area contributed by atoms with Crippen LogP contribution in [-0.2, 0) is 4.74 Å². The third kappa shape index (κ3) is 3.75. The molecule has 11 nitrogen and oxygen atoms in total. The van der Waals surface area contributed by atoms with E-state index in [-0.39, 0.29) is 33.8 Å². The topological polar surface area (TPSA) is 190 Å². The molecule has 2 aromatic carbocycles. The second kappa shape index (κ2) is 8.54. The van der Waals surface area contributed by atoms with Crippen LogP contribution in [0.25, 0.3) is 22.3 Å². The summed E-state index contributed by atoms with van der Waals surface area (Å²) in [4.78, 5) is 12.9. The molecule has 3 aromatic rings. The molecule has 1 aliphatic heterocycles. The van der Waals surface area contributed by atoms with Gasteiger partial charge >= 0.3 is 0 Å². The number of aliphatic hydroxyl groups excluding tert-OH is 4. The fraction of sp³-hybridized carbons (Fsp3) is 0.318. The Morgan fingerprint density at radius 3 is 2.33 bits per heavy atom. The second-order valence-corrected chi connectivity index (χ2v) is 7.64. The Morgan fingerprint density at radius 2 is 1.67 bits per heavy atom. The summed E-state index contributed by atoms with van der Waals surface area (Å²) in [5.74, 6) is -1.29. The standard InChI is InChI=1S/C22H22O11/c1-31-14-4-8(2-3-9(14)24)13-6-12(27)16-10(25)5-11(26)17(21(16)32-13)22-20(30)19(29)18(28)15(7-23)33-22/h2-6,15,18-20,22-26,28-30H,7H2,1H3/t15-,18-,19+,20-,22+/m1/s1. The number of benzene rings is 2. The van der Waals surface area contributed by atoms with Crippen LogP contribution in [0.5, 0.6) is 23.0 Å². The van der Waals surface area contributed by atoms with E-state index in [2.05, 4.69) is 0 Å². The molecule has 1 aliphatic rings. The van der Waals surface area contributed by atoms with Gasteiger partial charge in [0, 0.05) is 17.7 Å². The molecule has 0 amide bonds. The molecule has 7 N–H and O–H groups in total. The molecule has 5 atom stereocenters. The fourth-order valence-corrected chi connectivity index (χ4v) is 3.91. The highest BCUT2D eigenvalue weighted by Crippen LogP contribution is 2.44. The Balaban J connectivity index is 1.97. The van der Waals surface area contributed by atoms with Gasteiger partial charge in [0.25, 0.3) is 0 Å². The van der Waals surface area contributed by atoms with E-state index in [1.807, 2.05) is 0 Å². The molecule has 0 radical (unpaired) electrons. The maximum Gasteiger partial charge on any atom is 0.197 e. The van der Waals surface area contributed by atoms with Gasteiger partial charge < -0.3 is 49.6 Å². The van der Waals surface area contributed by atoms with E-state index in [1.54, 1.807) is 0 Å². The predicted octanol–water partition coefficient (Wildman–Crippen LogP) is 0.100. The van der Waals surface area contributed by atoms with E-state index < -0.39 is 54.1 Å². The number of phenolic OH excluding ortho intramolecular Hbond substituents is 3. The fourth-order valence-electron chi connectivity index (χ4n) is 3.91. The molecular weight excluding hydrogens is 440 g/mol. The van der Waals surface area contributed by atoms with Gasteiger partial charge in [-0.3, -0.25) is 4.79 Å². The van der Waals surface area contributed by atoms with Crippen molar-refractivity contribution in [3.8, 4) is 34.3 Å². The normalized spacial score (nSPS) is 25.3. The highest BCUT2D eigenvalue weighted by atomic mass is 16.5. The summed E-state index contributed by atoms with van der Waals surface area (Å²) < 4.78 is 16.4. The molecule has 0 aliphatic carbocycles. The van der Waals surface area contributed by atoms with Crippen molar-refractivity contribution in [2.75, 3.05) is 13.7 Å². The van der Waals surface area contributed by atoms with Crippen LogP contribution in [0.1, 0.15) is 11.7 Å².